The number of hydrogen-bond donors (Lipinski definition) is 1. The largest absolute Gasteiger partial charge is 0.396 e. The van der Waals surface area contributed by atoms with Gasteiger partial charge in [-0.3, -0.25) is 0 Å². The highest BCUT2D eigenvalue weighted by Gasteiger charge is 2.21. The lowest BCUT2D eigenvalue weighted by molar-refractivity contribution is 0.121. The second-order valence-corrected chi connectivity index (χ2v) is 6.30. The lowest BCUT2D eigenvalue weighted by Gasteiger charge is -2.32. The van der Waals surface area contributed by atoms with Crippen molar-refractivity contribution in [3.05, 3.63) is 40.0 Å². The van der Waals surface area contributed by atoms with Crippen molar-refractivity contribution in [3.8, 4) is 0 Å². The summed E-state index contributed by atoms with van der Waals surface area (Å²) in [6, 6.07) is 6.37. The zero-order chi connectivity index (χ0) is 12.5. The Kier molecular flexibility index (Phi) is 3.59. The molecule has 0 amide bonds. The Morgan fingerprint density at radius 2 is 2.18 bits per heavy atom. The van der Waals surface area contributed by atoms with E-state index in [0.29, 0.717) is 0 Å². The van der Waals surface area contributed by atoms with E-state index in [0.717, 1.165) is 17.6 Å². The molecule has 1 aromatic carbocycles. The van der Waals surface area contributed by atoms with E-state index in [1.54, 1.807) is 0 Å². The minimum atomic E-state index is -0.0583. The SMILES string of the molecule is CC(C)(CO)CN1C=Cc2cc(Br)ccc2C1. The maximum atomic E-state index is 9.30. The Morgan fingerprint density at radius 3 is 2.88 bits per heavy atom. The molecule has 0 unspecified atom stereocenters. The molecule has 0 saturated heterocycles. The minimum Gasteiger partial charge on any atom is -0.396 e. The van der Waals surface area contributed by atoms with E-state index < -0.39 is 0 Å². The van der Waals surface area contributed by atoms with E-state index in [1.807, 2.05) is 0 Å². The van der Waals surface area contributed by atoms with Gasteiger partial charge in [-0.15, -0.1) is 0 Å². The predicted molar refractivity (Wildman–Crippen MR) is 74.5 cm³/mol. The van der Waals surface area contributed by atoms with E-state index in [4.69, 9.17) is 0 Å². The predicted octanol–water partition coefficient (Wildman–Crippen LogP) is 3.25. The molecule has 2 rings (SSSR count). The first kappa shape index (κ1) is 12.7. The van der Waals surface area contributed by atoms with Crippen LogP contribution in [-0.4, -0.2) is 23.2 Å². The molecule has 0 fully saturated rings. The molecular weight excluding hydrogens is 278 g/mol. The third-order valence-corrected chi connectivity index (χ3v) is 3.50. The van der Waals surface area contributed by atoms with E-state index in [1.165, 1.54) is 11.1 Å². The van der Waals surface area contributed by atoms with Gasteiger partial charge in [-0.25, -0.2) is 0 Å². The summed E-state index contributed by atoms with van der Waals surface area (Å²) in [5.74, 6) is 0. The summed E-state index contributed by atoms with van der Waals surface area (Å²) in [6.07, 6.45) is 4.25. The summed E-state index contributed by atoms with van der Waals surface area (Å²) < 4.78 is 1.12. The molecule has 92 valence electrons. The van der Waals surface area contributed by atoms with E-state index in [2.05, 4.69) is 65.2 Å². The number of nitrogens with zero attached hydrogens (tertiary/aromatic N) is 1. The molecule has 1 N–H and O–H groups in total. The maximum Gasteiger partial charge on any atom is 0.0499 e. The standard InChI is InChI=1S/C14H18BrNO/c1-14(2,10-17)9-16-6-5-11-7-13(15)4-3-12(11)8-16/h3-7,17H,8-10H2,1-2H3. The van der Waals surface area contributed by atoms with E-state index >= 15 is 0 Å². The Labute approximate surface area is 111 Å². The molecule has 0 aromatic heterocycles. The van der Waals surface area contributed by atoms with Gasteiger partial charge in [0.05, 0.1) is 0 Å². The Morgan fingerprint density at radius 1 is 1.41 bits per heavy atom. The molecular formula is C14H18BrNO. The molecule has 0 atom stereocenters. The first-order chi connectivity index (χ1) is 8.00. The van der Waals surface area contributed by atoms with Gasteiger partial charge in [0.1, 0.15) is 0 Å². The average Bonchev–Trinajstić information content (AvgIpc) is 2.29. The number of halogens is 1. The highest BCUT2D eigenvalue weighted by atomic mass is 79.9. The molecule has 1 aliphatic rings. The van der Waals surface area contributed by atoms with Gasteiger partial charge >= 0.3 is 0 Å². The van der Waals surface area contributed by atoms with Crippen LogP contribution in [0.15, 0.2) is 28.9 Å². The minimum absolute atomic E-state index is 0.0583. The summed E-state index contributed by atoms with van der Waals surface area (Å²) in [7, 11) is 0. The van der Waals surface area contributed by atoms with E-state index in [-0.39, 0.29) is 12.0 Å². The van der Waals surface area contributed by atoms with Gasteiger partial charge in [0.15, 0.2) is 0 Å². The fourth-order valence-electron chi connectivity index (χ4n) is 2.03. The number of benzene rings is 1. The normalized spacial score (nSPS) is 14.9. The molecule has 1 aliphatic heterocycles. The van der Waals surface area contributed by atoms with Crippen LogP contribution in [-0.2, 0) is 6.54 Å². The lowest BCUT2D eigenvalue weighted by Crippen LogP contribution is -2.34. The van der Waals surface area contributed by atoms with Crippen LogP contribution in [0.25, 0.3) is 6.08 Å². The first-order valence-electron chi connectivity index (χ1n) is 5.82. The zero-order valence-corrected chi connectivity index (χ0v) is 11.9. The molecule has 3 heteroatoms. The molecule has 0 saturated carbocycles. The van der Waals surface area contributed by atoms with Gasteiger partial charge in [0.25, 0.3) is 0 Å². The van der Waals surface area contributed by atoms with Gasteiger partial charge in [-0.2, -0.15) is 0 Å². The van der Waals surface area contributed by atoms with Gasteiger partial charge in [0, 0.05) is 29.6 Å². The summed E-state index contributed by atoms with van der Waals surface area (Å²) >= 11 is 3.48. The van der Waals surface area contributed by atoms with Crippen molar-refractivity contribution >= 4 is 22.0 Å². The van der Waals surface area contributed by atoms with Crippen LogP contribution in [0.4, 0.5) is 0 Å². The fraction of sp³-hybridized carbons (Fsp3) is 0.429. The van der Waals surface area contributed by atoms with Crippen LogP contribution in [0, 0.1) is 5.41 Å². The number of aliphatic hydroxyl groups is 1. The van der Waals surface area contributed by atoms with E-state index in [9.17, 15) is 5.11 Å². The van der Waals surface area contributed by atoms with Crippen molar-refractivity contribution in [2.45, 2.75) is 20.4 Å². The fourth-order valence-corrected chi connectivity index (χ4v) is 2.41. The second kappa shape index (κ2) is 4.83. The highest BCUT2D eigenvalue weighted by Crippen LogP contribution is 2.26. The zero-order valence-electron chi connectivity index (χ0n) is 10.3. The van der Waals surface area contributed by atoms with Crippen molar-refractivity contribution in [2.24, 2.45) is 5.41 Å². The number of aliphatic hydroxyl groups excluding tert-OH is 1. The van der Waals surface area contributed by atoms with Gasteiger partial charge < -0.3 is 10.0 Å². The monoisotopic (exact) mass is 295 g/mol. The Balaban J connectivity index is 2.12. The third kappa shape index (κ3) is 3.11. The van der Waals surface area contributed by atoms with Crippen LogP contribution in [0.3, 0.4) is 0 Å². The third-order valence-electron chi connectivity index (χ3n) is 3.01. The second-order valence-electron chi connectivity index (χ2n) is 5.39. The topological polar surface area (TPSA) is 23.5 Å². The molecule has 0 bridgehead atoms. The van der Waals surface area contributed by atoms with Gasteiger partial charge in [-0.05, 0) is 35.5 Å². The Hall–Kier alpha value is -0.800. The van der Waals surface area contributed by atoms with Crippen LogP contribution >= 0.6 is 15.9 Å². The molecule has 0 aliphatic carbocycles. The first-order valence-corrected chi connectivity index (χ1v) is 6.61. The Bertz CT molecular complexity index is 440. The number of rotatable bonds is 3. The van der Waals surface area contributed by atoms with Crippen molar-refractivity contribution in [1.82, 2.24) is 4.90 Å². The highest BCUT2D eigenvalue weighted by molar-refractivity contribution is 9.10. The molecule has 1 heterocycles. The molecule has 1 aromatic rings. The van der Waals surface area contributed by atoms with Gasteiger partial charge in [0.2, 0.25) is 0 Å². The quantitative estimate of drug-likeness (QED) is 0.925. The van der Waals surface area contributed by atoms with Crippen LogP contribution in [0.2, 0.25) is 0 Å². The number of fused-ring (bicyclic) bond motifs is 1. The molecule has 17 heavy (non-hydrogen) atoms. The van der Waals surface area contributed by atoms with Crippen molar-refractivity contribution in [1.29, 1.82) is 0 Å². The average molecular weight is 296 g/mol. The molecule has 0 spiro atoms. The summed E-state index contributed by atoms with van der Waals surface area (Å²) in [6.45, 7) is 6.17. The van der Waals surface area contributed by atoms with Crippen molar-refractivity contribution in [3.63, 3.8) is 0 Å². The lowest BCUT2D eigenvalue weighted by atomic mass is 9.93. The van der Waals surface area contributed by atoms with Crippen molar-refractivity contribution in [2.75, 3.05) is 13.2 Å². The summed E-state index contributed by atoms with van der Waals surface area (Å²) in [5, 5.41) is 9.30. The van der Waals surface area contributed by atoms with Gasteiger partial charge in [-0.1, -0.05) is 35.8 Å². The molecule has 0 radical (unpaired) electrons. The smallest absolute Gasteiger partial charge is 0.0499 e. The van der Waals surface area contributed by atoms with Crippen LogP contribution in [0.1, 0.15) is 25.0 Å². The summed E-state index contributed by atoms with van der Waals surface area (Å²) in [4.78, 5) is 2.26. The van der Waals surface area contributed by atoms with Crippen LogP contribution in [0.5, 0.6) is 0 Å². The number of hydrogen-bond acceptors (Lipinski definition) is 2. The maximum absolute atomic E-state index is 9.30. The van der Waals surface area contributed by atoms with Crippen molar-refractivity contribution < 1.29 is 5.11 Å². The molecule has 2 nitrogen and oxygen atoms in total. The summed E-state index contributed by atoms with van der Waals surface area (Å²) in [5.41, 5.74) is 2.55. The van der Waals surface area contributed by atoms with Crippen LogP contribution < -0.4 is 0 Å².